The van der Waals surface area contributed by atoms with Gasteiger partial charge in [-0.2, -0.15) is 5.10 Å². The molecule has 0 bridgehead atoms. The second-order valence-corrected chi connectivity index (χ2v) is 3.98. The second kappa shape index (κ2) is 5.07. The van der Waals surface area contributed by atoms with Crippen molar-refractivity contribution in [3.63, 3.8) is 0 Å². The normalized spacial score (nSPS) is 20.7. The molecule has 0 aliphatic carbocycles. The van der Waals surface area contributed by atoms with Crippen molar-refractivity contribution < 1.29 is 9.53 Å². The van der Waals surface area contributed by atoms with Gasteiger partial charge in [-0.25, -0.2) is 4.98 Å². The third-order valence-corrected chi connectivity index (χ3v) is 2.68. The Bertz CT molecular complexity index is 333. The number of aromatic amines is 1. The zero-order valence-electron chi connectivity index (χ0n) is 9.35. The molecule has 0 aromatic carbocycles. The van der Waals surface area contributed by atoms with E-state index in [-0.39, 0.29) is 12.0 Å². The largest absolute Gasteiger partial charge is 0.368 e. The highest BCUT2D eigenvalue weighted by atomic mass is 16.5. The number of hydrogen-bond acceptors (Lipinski definition) is 4. The molecule has 88 valence electrons. The fourth-order valence-corrected chi connectivity index (χ4v) is 1.79. The summed E-state index contributed by atoms with van der Waals surface area (Å²) in [6, 6.07) is 0. The van der Waals surface area contributed by atoms with Gasteiger partial charge in [0.25, 0.3) is 5.91 Å². The van der Waals surface area contributed by atoms with Crippen LogP contribution in [-0.4, -0.2) is 45.7 Å². The lowest BCUT2D eigenvalue weighted by molar-refractivity contribution is -0.145. The maximum atomic E-state index is 12.0. The molecule has 1 amide bonds. The van der Waals surface area contributed by atoms with Crippen LogP contribution in [0.2, 0.25) is 0 Å². The number of amides is 1. The molecule has 1 N–H and O–H groups in total. The van der Waals surface area contributed by atoms with Crippen LogP contribution < -0.4 is 0 Å². The van der Waals surface area contributed by atoms with Crippen LogP contribution in [0, 0.1) is 0 Å². The van der Waals surface area contributed by atoms with Gasteiger partial charge in [0, 0.05) is 13.7 Å². The second-order valence-electron chi connectivity index (χ2n) is 3.98. The molecule has 1 aromatic heterocycles. The van der Waals surface area contributed by atoms with Crippen molar-refractivity contribution in [2.24, 2.45) is 0 Å². The zero-order valence-corrected chi connectivity index (χ0v) is 9.35. The maximum Gasteiger partial charge on any atom is 0.251 e. The van der Waals surface area contributed by atoms with Crippen LogP contribution in [0.4, 0.5) is 0 Å². The minimum atomic E-state index is -0.276. The first kappa shape index (κ1) is 11.1. The van der Waals surface area contributed by atoms with Crippen molar-refractivity contribution in [1.82, 2.24) is 20.1 Å². The first-order valence-corrected chi connectivity index (χ1v) is 5.48. The topological polar surface area (TPSA) is 71.1 Å². The van der Waals surface area contributed by atoms with Crippen LogP contribution in [0.3, 0.4) is 0 Å². The van der Waals surface area contributed by atoms with E-state index in [4.69, 9.17) is 4.74 Å². The van der Waals surface area contributed by atoms with Gasteiger partial charge in [-0.05, 0) is 19.3 Å². The van der Waals surface area contributed by atoms with Crippen LogP contribution in [-0.2, 0) is 16.1 Å². The summed E-state index contributed by atoms with van der Waals surface area (Å²) >= 11 is 0. The van der Waals surface area contributed by atoms with Crippen molar-refractivity contribution in [2.75, 3.05) is 13.7 Å². The summed E-state index contributed by atoms with van der Waals surface area (Å²) < 4.78 is 5.44. The van der Waals surface area contributed by atoms with Crippen molar-refractivity contribution in [1.29, 1.82) is 0 Å². The van der Waals surface area contributed by atoms with Gasteiger partial charge in [-0.3, -0.25) is 9.89 Å². The average Bonchev–Trinajstić information content (AvgIpc) is 2.82. The Morgan fingerprint density at radius 2 is 2.56 bits per heavy atom. The Balaban J connectivity index is 1.88. The molecular formula is C10H16N4O2. The van der Waals surface area contributed by atoms with E-state index in [2.05, 4.69) is 15.2 Å². The molecule has 1 fully saturated rings. The van der Waals surface area contributed by atoms with E-state index in [0.29, 0.717) is 19.0 Å². The van der Waals surface area contributed by atoms with Gasteiger partial charge >= 0.3 is 0 Å². The Hall–Kier alpha value is -1.43. The number of aromatic nitrogens is 3. The summed E-state index contributed by atoms with van der Waals surface area (Å²) in [7, 11) is 1.75. The van der Waals surface area contributed by atoms with E-state index >= 15 is 0 Å². The molecule has 1 aliphatic heterocycles. The van der Waals surface area contributed by atoms with E-state index < -0.39 is 0 Å². The SMILES string of the molecule is CN(Cc1ncn[nH]1)C(=O)C1CCCCO1. The number of nitrogens with one attached hydrogen (secondary N) is 1. The molecular weight excluding hydrogens is 208 g/mol. The van der Waals surface area contributed by atoms with Gasteiger partial charge in [-0.15, -0.1) is 0 Å². The number of hydrogen-bond donors (Lipinski definition) is 1. The van der Waals surface area contributed by atoms with Crippen molar-refractivity contribution >= 4 is 5.91 Å². The molecule has 16 heavy (non-hydrogen) atoms. The summed E-state index contributed by atoms with van der Waals surface area (Å²) in [5, 5.41) is 6.47. The monoisotopic (exact) mass is 224 g/mol. The Kier molecular flexibility index (Phi) is 3.51. The highest BCUT2D eigenvalue weighted by Crippen LogP contribution is 2.15. The molecule has 1 unspecified atom stereocenters. The number of nitrogens with zero attached hydrogens (tertiary/aromatic N) is 3. The van der Waals surface area contributed by atoms with E-state index in [1.54, 1.807) is 11.9 Å². The molecule has 0 saturated carbocycles. The average molecular weight is 224 g/mol. The van der Waals surface area contributed by atoms with Crippen LogP contribution in [0.25, 0.3) is 0 Å². The van der Waals surface area contributed by atoms with Gasteiger partial charge in [0.2, 0.25) is 0 Å². The van der Waals surface area contributed by atoms with Gasteiger partial charge in [0.15, 0.2) is 0 Å². The number of carbonyl (C=O) groups is 1. The number of carbonyl (C=O) groups excluding carboxylic acids is 1. The van der Waals surface area contributed by atoms with Crippen molar-refractivity contribution in [2.45, 2.75) is 31.9 Å². The van der Waals surface area contributed by atoms with Crippen molar-refractivity contribution in [3.8, 4) is 0 Å². The third-order valence-electron chi connectivity index (χ3n) is 2.68. The predicted molar refractivity (Wildman–Crippen MR) is 56.4 cm³/mol. The fourth-order valence-electron chi connectivity index (χ4n) is 1.79. The van der Waals surface area contributed by atoms with E-state index in [1.165, 1.54) is 6.33 Å². The number of rotatable bonds is 3. The van der Waals surface area contributed by atoms with Crippen molar-refractivity contribution in [3.05, 3.63) is 12.2 Å². The molecule has 6 nitrogen and oxygen atoms in total. The van der Waals surface area contributed by atoms with E-state index in [0.717, 1.165) is 19.3 Å². The number of ether oxygens (including phenoxy) is 1. The quantitative estimate of drug-likeness (QED) is 0.803. The minimum absolute atomic E-state index is 0.0242. The highest BCUT2D eigenvalue weighted by molar-refractivity contribution is 5.80. The summed E-state index contributed by atoms with van der Waals surface area (Å²) in [4.78, 5) is 17.6. The zero-order chi connectivity index (χ0) is 11.4. The molecule has 0 spiro atoms. The van der Waals surface area contributed by atoms with Crippen LogP contribution in [0.5, 0.6) is 0 Å². The molecule has 0 radical (unpaired) electrons. The molecule has 6 heteroatoms. The van der Waals surface area contributed by atoms with Gasteiger partial charge in [0.05, 0.1) is 6.54 Å². The van der Waals surface area contributed by atoms with E-state index in [1.807, 2.05) is 0 Å². The lowest BCUT2D eigenvalue weighted by Crippen LogP contribution is -2.39. The lowest BCUT2D eigenvalue weighted by atomic mass is 10.1. The number of likely N-dealkylation sites (N-methyl/N-ethyl adjacent to an activating group) is 1. The smallest absolute Gasteiger partial charge is 0.251 e. The summed E-state index contributed by atoms with van der Waals surface area (Å²) in [6.07, 6.45) is 4.09. The molecule has 1 atom stereocenters. The first-order chi connectivity index (χ1) is 7.77. The fraction of sp³-hybridized carbons (Fsp3) is 0.700. The molecule has 2 heterocycles. The van der Waals surface area contributed by atoms with Gasteiger partial charge in [0.1, 0.15) is 18.3 Å². The summed E-state index contributed by atoms with van der Waals surface area (Å²) in [6.45, 7) is 1.13. The highest BCUT2D eigenvalue weighted by Gasteiger charge is 2.25. The van der Waals surface area contributed by atoms with Crippen LogP contribution in [0.1, 0.15) is 25.1 Å². The Morgan fingerprint density at radius 3 is 3.19 bits per heavy atom. The summed E-state index contributed by atoms with van der Waals surface area (Å²) in [5.74, 6) is 0.711. The molecule has 2 rings (SSSR count). The predicted octanol–water partition coefficient (Wildman–Crippen LogP) is 0.332. The van der Waals surface area contributed by atoms with Gasteiger partial charge < -0.3 is 9.64 Å². The molecule has 1 saturated heterocycles. The number of H-pyrrole nitrogens is 1. The maximum absolute atomic E-state index is 12.0. The van der Waals surface area contributed by atoms with Crippen LogP contribution >= 0.6 is 0 Å². The first-order valence-electron chi connectivity index (χ1n) is 5.48. The van der Waals surface area contributed by atoms with Gasteiger partial charge in [-0.1, -0.05) is 0 Å². The standard InChI is InChI=1S/C10H16N4O2/c1-14(6-9-11-7-12-13-9)10(15)8-4-2-3-5-16-8/h7-8H,2-6H2,1H3,(H,11,12,13). The Labute approximate surface area is 94.0 Å². The van der Waals surface area contributed by atoms with E-state index in [9.17, 15) is 4.79 Å². The molecule has 1 aliphatic rings. The third kappa shape index (κ3) is 2.57. The lowest BCUT2D eigenvalue weighted by Gasteiger charge is -2.26. The minimum Gasteiger partial charge on any atom is -0.368 e. The Morgan fingerprint density at radius 1 is 1.69 bits per heavy atom. The molecule has 1 aromatic rings. The van der Waals surface area contributed by atoms with Crippen LogP contribution in [0.15, 0.2) is 6.33 Å². The summed E-state index contributed by atoms with van der Waals surface area (Å²) in [5.41, 5.74) is 0.